The summed E-state index contributed by atoms with van der Waals surface area (Å²) in [5.74, 6) is -0.839. The van der Waals surface area contributed by atoms with Gasteiger partial charge in [-0.05, 0) is 0 Å². The molecule has 0 fully saturated rings. The highest BCUT2D eigenvalue weighted by Crippen LogP contribution is 2.14. The molecule has 0 bridgehead atoms. The first-order valence-electron chi connectivity index (χ1n) is 3.49. The first-order valence-corrected chi connectivity index (χ1v) is 3.49. The van der Waals surface area contributed by atoms with Crippen molar-refractivity contribution in [2.45, 2.75) is 6.42 Å². The van der Waals surface area contributed by atoms with Gasteiger partial charge in [-0.2, -0.15) is 10.4 Å². The van der Waals surface area contributed by atoms with Crippen LogP contribution in [-0.4, -0.2) is 20.9 Å². The predicted molar refractivity (Wildman–Crippen MR) is 43.7 cm³/mol. The molecule has 13 heavy (non-hydrogen) atoms. The fraction of sp³-hybridized carbons (Fsp3) is 0.286. The van der Waals surface area contributed by atoms with Gasteiger partial charge in [0.25, 0.3) is 0 Å². The van der Waals surface area contributed by atoms with Crippen molar-refractivity contribution in [3.63, 3.8) is 0 Å². The molecule has 6 heteroatoms. The Kier molecular flexibility index (Phi) is 2.19. The number of rotatable bonds is 2. The first kappa shape index (κ1) is 9.06. The van der Waals surface area contributed by atoms with E-state index in [1.807, 2.05) is 6.07 Å². The minimum atomic E-state index is -1.03. The Morgan fingerprint density at radius 1 is 1.85 bits per heavy atom. The number of hydrogen-bond donors (Lipinski definition) is 2. The van der Waals surface area contributed by atoms with E-state index in [0.717, 1.165) is 0 Å². The molecule has 1 heterocycles. The van der Waals surface area contributed by atoms with Crippen LogP contribution >= 0.6 is 0 Å². The van der Waals surface area contributed by atoms with Crippen LogP contribution in [0.2, 0.25) is 0 Å². The molecule has 1 rings (SSSR count). The average Bonchev–Trinajstić information content (AvgIpc) is 2.27. The van der Waals surface area contributed by atoms with Gasteiger partial charge in [-0.15, -0.1) is 0 Å². The molecule has 0 saturated heterocycles. The summed E-state index contributed by atoms with van der Waals surface area (Å²) < 4.78 is 1.29. The van der Waals surface area contributed by atoms with Crippen molar-refractivity contribution in [2.75, 3.05) is 5.73 Å². The number of nitrogens with zero attached hydrogens (tertiary/aromatic N) is 3. The van der Waals surface area contributed by atoms with E-state index in [9.17, 15) is 4.79 Å². The van der Waals surface area contributed by atoms with Crippen molar-refractivity contribution in [1.82, 2.24) is 9.78 Å². The van der Waals surface area contributed by atoms with Crippen molar-refractivity contribution in [3.8, 4) is 6.07 Å². The number of nitrogen functional groups attached to an aromatic ring is 1. The molecule has 0 aliphatic heterocycles. The molecule has 0 aliphatic carbocycles. The molecular weight excluding hydrogens is 172 g/mol. The Hall–Kier alpha value is -2.03. The Morgan fingerprint density at radius 2 is 2.46 bits per heavy atom. The first-order chi connectivity index (χ1) is 6.06. The summed E-state index contributed by atoms with van der Waals surface area (Å²) in [6.45, 7) is 0. The summed E-state index contributed by atoms with van der Waals surface area (Å²) in [6, 6.07) is 1.82. The van der Waals surface area contributed by atoms with Gasteiger partial charge in [0.1, 0.15) is 17.5 Å². The van der Waals surface area contributed by atoms with Crippen molar-refractivity contribution in [1.29, 1.82) is 5.26 Å². The second-order valence-corrected chi connectivity index (χ2v) is 2.51. The Balaban J connectivity index is 3.15. The van der Waals surface area contributed by atoms with E-state index >= 15 is 0 Å². The summed E-state index contributed by atoms with van der Waals surface area (Å²) in [7, 11) is 1.56. The van der Waals surface area contributed by atoms with E-state index in [1.165, 1.54) is 4.68 Å². The molecule has 0 radical (unpaired) electrons. The summed E-state index contributed by atoms with van der Waals surface area (Å²) in [6.07, 6.45) is -0.284. The Labute approximate surface area is 74.2 Å². The fourth-order valence-corrected chi connectivity index (χ4v) is 0.983. The van der Waals surface area contributed by atoms with E-state index in [1.54, 1.807) is 7.05 Å². The van der Waals surface area contributed by atoms with Gasteiger partial charge in [-0.3, -0.25) is 9.48 Å². The number of aromatic nitrogens is 2. The van der Waals surface area contributed by atoms with Crippen LogP contribution < -0.4 is 5.73 Å². The normalized spacial score (nSPS) is 9.54. The molecular formula is C7H8N4O2. The van der Waals surface area contributed by atoms with Gasteiger partial charge in [0, 0.05) is 7.05 Å². The van der Waals surface area contributed by atoms with E-state index in [0.29, 0.717) is 0 Å². The molecule has 6 nitrogen and oxygen atoms in total. The second-order valence-electron chi connectivity index (χ2n) is 2.51. The van der Waals surface area contributed by atoms with Crippen molar-refractivity contribution in [2.24, 2.45) is 7.05 Å². The van der Waals surface area contributed by atoms with Crippen molar-refractivity contribution >= 4 is 11.8 Å². The van der Waals surface area contributed by atoms with Crippen LogP contribution in [0.3, 0.4) is 0 Å². The maximum absolute atomic E-state index is 10.4. The predicted octanol–water partition coefficient (Wildman–Crippen LogP) is -0.499. The number of carboxylic acid groups (broad SMARTS) is 1. The molecule has 3 N–H and O–H groups in total. The maximum atomic E-state index is 10.4. The zero-order valence-corrected chi connectivity index (χ0v) is 6.98. The highest BCUT2D eigenvalue weighted by Gasteiger charge is 2.15. The van der Waals surface area contributed by atoms with Gasteiger partial charge in [-0.25, -0.2) is 0 Å². The average molecular weight is 180 g/mol. The number of anilines is 1. The van der Waals surface area contributed by atoms with Crippen LogP contribution in [0.1, 0.15) is 11.3 Å². The number of carbonyl (C=O) groups is 1. The highest BCUT2D eigenvalue weighted by atomic mass is 16.4. The number of aryl methyl sites for hydroxylation is 1. The molecule has 1 aromatic heterocycles. The molecule has 68 valence electrons. The third-order valence-electron chi connectivity index (χ3n) is 1.59. The fourth-order valence-electron chi connectivity index (χ4n) is 0.983. The molecule has 0 amide bonds. The van der Waals surface area contributed by atoms with Gasteiger partial charge in [0.15, 0.2) is 0 Å². The topological polar surface area (TPSA) is 105 Å². The third-order valence-corrected chi connectivity index (χ3v) is 1.59. The zero-order valence-electron chi connectivity index (χ0n) is 6.98. The number of carboxylic acids is 1. The molecule has 0 aromatic carbocycles. The maximum Gasteiger partial charge on any atom is 0.309 e. The lowest BCUT2D eigenvalue weighted by Crippen LogP contribution is -2.02. The minimum Gasteiger partial charge on any atom is -0.481 e. The summed E-state index contributed by atoms with van der Waals surface area (Å²) in [5.41, 5.74) is 5.82. The number of nitriles is 1. The lowest BCUT2D eigenvalue weighted by molar-refractivity contribution is -0.136. The SMILES string of the molecule is Cn1nc(CC(=O)O)c(C#N)c1N. The Bertz CT molecular complexity index is 388. The molecule has 1 aromatic rings. The van der Waals surface area contributed by atoms with Crippen LogP contribution in [0.15, 0.2) is 0 Å². The van der Waals surface area contributed by atoms with Crippen molar-refractivity contribution < 1.29 is 9.90 Å². The molecule has 0 saturated carbocycles. The van der Waals surface area contributed by atoms with E-state index in [4.69, 9.17) is 16.1 Å². The van der Waals surface area contributed by atoms with Crippen LogP contribution in [-0.2, 0) is 18.3 Å². The van der Waals surface area contributed by atoms with Gasteiger partial charge in [0.2, 0.25) is 0 Å². The smallest absolute Gasteiger partial charge is 0.309 e. The van der Waals surface area contributed by atoms with Gasteiger partial charge >= 0.3 is 5.97 Å². The number of aliphatic carboxylic acids is 1. The highest BCUT2D eigenvalue weighted by molar-refractivity contribution is 5.71. The van der Waals surface area contributed by atoms with E-state index in [2.05, 4.69) is 5.10 Å². The molecule has 0 unspecified atom stereocenters. The standard InChI is InChI=1S/C7H8N4O2/c1-11-7(9)4(3-8)5(10-11)2-6(12)13/h2,9H2,1H3,(H,12,13). The van der Waals surface area contributed by atoms with Crippen LogP contribution in [0, 0.1) is 11.3 Å². The lowest BCUT2D eigenvalue weighted by Gasteiger charge is -1.89. The van der Waals surface area contributed by atoms with E-state index in [-0.39, 0.29) is 23.5 Å². The quantitative estimate of drug-likeness (QED) is 0.638. The van der Waals surface area contributed by atoms with Crippen LogP contribution in [0.4, 0.5) is 5.82 Å². The van der Waals surface area contributed by atoms with Gasteiger partial charge in [-0.1, -0.05) is 0 Å². The van der Waals surface area contributed by atoms with Gasteiger partial charge in [0.05, 0.1) is 12.1 Å². The third kappa shape index (κ3) is 1.59. The zero-order chi connectivity index (χ0) is 10.0. The lowest BCUT2D eigenvalue weighted by atomic mass is 10.2. The summed E-state index contributed by atoms with van der Waals surface area (Å²) >= 11 is 0. The van der Waals surface area contributed by atoms with Crippen LogP contribution in [0.25, 0.3) is 0 Å². The minimum absolute atomic E-state index is 0.143. The van der Waals surface area contributed by atoms with Crippen molar-refractivity contribution in [3.05, 3.63) is 11.3 Å². The largest absolute Gasteiger partial charge is 0.481 e. The molecule has 0 aliphatic rings. The summed E-state index contributed by atoms with van der Waals surface area (Å²) in [4.78, 5) is 10.4. The molecule has 0 atom stereocenters. The van der Waals surface area contributed by atoms with Crippen LogP contribution in [0.5, 0.6) is 0 Å². The number of hydrogen-bond acceptors (Lipinski definition) is 4. The number of nitrogens with two attached hydrogens (primary N) is 1. The second kappa shape index (κ2) is 3.15. The van der Waals surface area contributed by atoms with E-state index < -0.39 is 5.97 Å². The Morgan fingerprint density at radius 3 is 2.92 bits per heavy atom. The molecule has 0 spiro atoms. The van der Waals surface area contributed by atoms with Gasteiger partial charge < -0.3 is 10.8 Å². The summed E-state index contributed by atoms with van der Waals surface area (Å²) in [5, 5.41) is 20.9. The monoisotopic (exact) mass is 180 g/mol.